The van der Waals surface area contributed by atoms with Gasteiger partial charge >= 0.3 is 0 Å². The van der Waals surface area contributed by atoms with Gasteiger partial charge in [0.15, 0.2) is 0 Å². The van der Waals surface area contributed by atoms with Crippen LogP contribution in [0, 0.1) is 0 Å². The normalized spacial score (nSPS) is 18.0. The summed E-state index contributed by atoms with van der Waals surface area (Å²) >= 11 is 0. The van der Waals surface area contributed by atoms with Crippen LogP contribution in [-0.2, 0) is 16.0 Å². The summed E-state index contributed by atoms with van der Waals surface area (Å²) in [5.74, 6) is 1.14. The molecule has 2 aliphatic rings. The van der Waals surface area contributed by atoms with Crippen molar-refractivity contribution in [3.63, 3.8) is 0 Å². The van der Waals surface area contributed by atoms with Crippen LogP contribution in [0.1, 0.15) is 12.6 Å². The summed E-state index contributed by atoms with van der Waals surface area (Å²) in [5, 5.41) is 3.30. The number of hydrogen-bond donors (Lipinski definition) is 1. The molecule has 142 valence electrons. The van der Waals surface area contributed by atoms with E-state index in [-0.39, 0.29) is 18.2 Å². The van der Waals surface area contributed by atoms with Gasteiger partial charge in [0, 0.05) is 65.3 Å². The van der Waals surface area contributed by atoms with Crippen LogP contribution < -0.4 is 15.0 Å². The van der Waals surface area contributed by atoms with Crippen molar-refractivity contribution in [2.75, 3.05) is 64.4 Å². The van der Waals surface area contributed by atoms with E-state index in [4.69, 9.17) is 4.74 Å². The average Bonchev–Trinajstić information content (AvgIpc) is 2.68. The first-order valence-corrected chi connectivity index (χ1v) is 8.97. The molecule has 0 aromatic carbocycles. The van der Waals surface area contributed by atoms with Crippen molar-refractivity contribution in [1.29, 1.82) is 0 Å². The predicted octanol–water partition coefficient (Wildman–Crippen LogP) is -0.872. The third-order valence-corrected chi connectivity index (χ3v) is 4.76. The Hall–Kier alpha value is -2.42. The molecular weight excluding hydrogens is 336 g/mol. The lowest BCUT2D eigenvalue weighted by Crippen LogP contribution is -2.50. The van der Waals surface area contributed by atoms with Gasteiger partial charge in [0.2, 0.25) is 23.6 Å². The number of anilines is 1. The van der Waals surface area contributed by atoms with Gasteiger partial charge in [0.1, 0.15) is 0 Å². The maximum absolute atomic E-state index is 12.6. The monoisotopic (exact) mass is 362 g/mol. The molecule has 2 amide bonds. The number of rotatable bonds is 4. The number of amides is 2. The fraction of sp³-hybridized carbons (Fsp3) is 0.647. The third-order valence-electron chi connectivity index (χ3n) is 4.76. The molecule has 0 aliphatic carbocycles. The Morgan fingerprint density at radius 1 is 1.08 bits per heavy atom. The highest BCUT2D eigenvalue weighted by Gasteiger charge is 2.23. The lowest BCUT2D eigenvalue weighted by Gasteiger charge is -2.34. The molecule has 26 heavy (non-hydrogen) atoms. The minimum atomic E-state index is 0.0141. The second-order valence-corrected chi connectivity index (χ2v) is 6.50. The van der Waals surface area contributed by atoms with E-state index in [9.17, 15) is 9.59 Å². The lowest BCUT2D eigenvalue weighted by atomic mass is 10.2. The van der Waals surface area contributed by atoms with Gasteiger partial charge < -0.3 is 24.8 Å². The van der Waals surface area contributed by atoms with Crippen LogP contribution in [0.15, 0.2) is 6.07 Å². The summed E-state index contributed by atoms with van der Waals surface area (Å²) in [5.41, 5.74) is 0.657. The zero-order chi connectivity index (χ0) is 18.5. The molecule has 2 fully saturated rings. The second-order valence-electron chi connectivity index (χ2n) is 6.50. The number of carbonyl (C=O) groups is 2. The highest BCUT2D eigenvalue weighted by Crippen LogP contribution is 2.17. The van der Waals surface area contributed by atoms with Crippen LogP contribution >= 0.6 is 0 Å². The molecule has 2 saturated heterocycles. The molecule has 3 rings (SSSR count). The number of ether oxygens (including phenoxy) is 1. The number of carbonyl (C=O) groups excluding carboxylic acids is 2. The van der Waals surface area contributed by atoms with Crippen molar-refractivity contribution in [3.8, 4) is 5.88 Å². The number of nitrogens with zero attached hydrogens (tertiary/aromatic N) is 5. The molecule has 0 radical (unpaired) electrons. The minimum absolute atomic E-state index is 0.0141. The van der Waals surface area contributed by atoms with Gasteiger partial charge in [-0.2, -0.15) is 4.98 Å². The third kappa shape index (κ3) is 4.40. The van der Waals surface area contributed by atoms with Crippen LogP contribution in [0.4, 0.5) is 5.95 Å². The molecule has 2 aliphatic heterocycles. The molecule has 1 N–H and O–H groups in total. The Bertz CT molecular complexity index is 654. The SMILES string of the molecule is COc1cc(CC(=O)N2CCN(C(C)=O)CC2)nc(N2CCNCC2)n1. The lowest BCUT2D eigenvalue weighted by molar-refractivity contribution is -0.138. The van der Waals surface area contributed by atoms with Crippen molar-refractivity contribution in [1.82, 2.24) is 25.1 Å². The first-order valence-electron chi connectivity index (χ1n) is 8.97. The number of methoxy groups -OCH3 is 1. The van der Waals surface area contributed by atoms with Crippen molar-refractivity contribution in [2.24, 2.45) is 0 Å². The molecule has 0 bridgehead atoms. The van der Waals surface area contributed by atoms with Crippen LogP contribution in [-0.4, -0.2) is 91.0 Å². The summed E-state index contributed by atoms with van der Waals surface area (Å²) in [7, 11) is 1.57. The Labute approximate surface area is 153 Å². The Morgan fingerprint density at radius 2 is 1.73 bits per heavy atom. The molecule has 1 aromatic rings. The van der Waals surface area contributed by atoms with E-state index in [1.165, 1.54) is 0 Å². The fourth-order valence-electron chi connectivity index (χ4n) is 3.20. The molecule has 1 aromatic heterocycles. The molecule has 9 nitrogen and oxygen atoms in total. The Morgan fingerprint density at radius 3 is 2.35 bits per heavy atom. The van der Waals surface area contributed by atoms with Gasteiger partial charge in [-0.05, 0) is 0 Å². The van der Waals surface area contributed by atoms with E-state index in [0.29, 0.717) is 43.7 Å². The summed E-state index contributed by atoms with van der Waals surface area (Å²) in [6.45, 7) is 7.27. The number of nitrogens with one attached hydrogen (secondary N) is 1. The first-order chi connectivity index (χ1) is 12.6. The van der Waals surface area contributed by atoms with E-state index in [0.717, 1.165) is 26.2 Å². The van der Waals surface area contributed by atoms with Crippen LogP contribution in [0.5, 0.6) is 5.88 Å². The van der Waals surface area contributed by atoms with Gasteiger partial charge in [0.05, 0.1) is 19.2 Å². The topological polar surface area (TPSA) is 90.9 Å². The van der Waals surface area contributed by atoms with Crippen molar-refractivity contribution < 1.29 is 14.3 Å². The van der Waals surface area contributed by atoms with E-state index in [1.54, 1.807) is 29.9 Å². The number of aromatic nitrogens is 2. The van der Waals surface area contributed by atoms with E-state index < -0.39 is 0 Å². The molecule has 0 saturated carbocycles. The van der Waals surface area contributed by atoms with Crippen molar-refractivity contribution in [3.05, 3.63) is 11.8 Å². The maximum Gasteiger partial charge on any atom is 0.228 e. The molecule has 0 atom stereocenters. The standard InChI is InChI=1S/C17H26N6O3/c1-13(24)21-7-9-22(10-8-21)16(25)12-14-11-15(26-2)20-17(19-14)23-5-3-18-4-6-23/h11,18H,3-10,12H2,1-2H3. The van der Waals surface area contributed by atoms with Crippen LogP contribution in [0.3, 0.4) is 0 Å². The number of hydrogen-bond acceptors (Lipinski definition) is 7. The minimum Gasteiger partial charge on any atom is -0.481 e. The Balaban J connectivity index is 1.66. The smallest absolute Gasteiger partial charge is 0.228 e. The summed E-state index contributed by atoms with van der Waals surface area (Å²) in [6.07, 6.45) is 0.206. The average molecular weight is 362 g/mol. The van der Waals surface area contributed by atoms with Gasteiger partial charge in [-0.1, -0.05) is 0 Å². The van der Waals surface area contributed by atoms with E-state index in [1.807, 2.05) is 0 Å². The van der Waals surface area contributed by atoms with Gasteiger partial charge in [-0.25, -0.2) is 4.98 Å². The van der Waals surface area contributed by atoms with E-state index >= 15 is 0 Å². The summed E-state index contributed by atoms with van der Waals surface area (Å²) in [4.78, 5) is 38.7. The maximum atomic E-state index is 12.6. The second kappa shape index (κ2) is 8.31. The quantitative estimate of drug-likeness (QED) is 0.744. The van der Waals surface area contributed by atoms with Crippen molar-refractivity contribution in [2.45, 2.75) is 13.3 Å². The first kappa shape index (κ1) is 18.4. The highest BCUT2D eigenvalue weighted by atomic mass is 16.5. The Kier molecular flexibility index (Phi) is 5.87. The summed E-state index contributed by atoms with van der Waals surface area (Å²) < 4.78 is 5.29. The molecular formula is C17H26N6O3. The fourth-order valence-corrected chi connectivity index (χ4v) is 3.20. The largest absolute Gasteiger partial charge is 0.481 e. The molecule has 0 spiro atoms. The predicted molar refractivity (Wildman–Crippen MR) is 96.2 cm³/mol. The van der Waals surface area contributed by atoms with Gasteiger partial charge in [-0.3, -0.25) is 9.59 Å². The zero-order valence-electron chi connectivity index (χ0n) is 15.4. The zero-order valence-corrected chi connectivity index (χ0v) is 15.4. The summed E-state index contributed by atoms with van der Waals surface area (Å²) in [6, 6.07) is 1.72. The number of piperazine rings is 2. The van der Waals surface area contributed by atoms with Gasteiger partial charge in [0.25, 0.3) is 0 Å². The van der Waals surface area contributed by atoms with Gasteiger partial charge in [-0.15, -0.1) is 0 Å². The molecule has 9 heteroatoms. The van der Waals surface area contributed by atoms with E-state index in [2.05, 4.69) is 20.2 Å². The molecule has 0 unspecified atom stereocenters. The van der Waals surface area contributed by atoms with Crippen LogP contribution in [0.2, 0.25) is 0 Å². The highest BCUT2D eigenvalue weighted by molar-refractivity contribution is 5.79. The van der Waals surface area contributed by atoms with Crippen molar-refractivity contribution >= 4 is 17.8 Å². The molecule has 3 heterocycles. The van der Waals surface area contributed by atoms with Crippen LogP contribution in [0.25, 0.3) is 0 Å².